The molecule has 0 radical (unpaired) electrons. The molecule has 4 nitrogen and oxygen atoms in total. The maximum Gasteiger partial charge on any atom is 0.293 e. The van der Waals surface area contributed by atoms with Gasteiger partial charge in [0.1, 0.15) is 5.60 Å². The smallest absolute Gasteiger partial charge is 0.293 e. The molecule has 1 rings (SSSR count). The second-order valence-electron chi connectivity index (χ2n) is 5.32. The number of rotatable bonds is 3. The summed E-state index contributed by atoms with van der Waals surface area (Å²) in [5.41, 5.74) is 4.90. The van der Waals surface area contributed by atoms with Crippen molar-refractivity contribution in [2.45, 2.75) is 45.1 Å². The zero-order chi connectivity index (χ0) is 14.2. The number of halogens is 2. The van der Waals surface area contributed by atoms with Crippen LogP contribution in [-0.4, -0.2) is 37.6 Å². The van der Waals surface area contributed by atoms with E-state index in [-0.39, 0.29) is 12.0 Å². The first kappa shape index (κ1) is 17.2. The van der Waals surface area contributed by atoms with E-state index in [2.05, 4.69) is 10.1 Å². The fraction of sp³-hybridized carbons (Fsp3) is 0.917. The highest BCUT2D eigenvalue weighted by Crippen LogP contribution is 2.31. The Balaban J connectivity index is 0.000000360. The molecule has 0 spiro atoms. The lowest BCUT2D eigenvalue weighted by Gasteiger charge is -2.31. The second-order valence-corrected chi connectivity index (χ2v) is 5.32. The van der Waals surface area contributed by atoms with Crippen molar-refractivity contribution in [3.05, 3.63) is 0 Å². The number of nitrogens with two attached hydrogens (primary N) is 1. The Morgan fingerprint density at radius 3 is 2.44 bits per heavy atom. The predicted octanol–water partition coefficient (Wildman–Crippen LogP) is 1.54. The standard InChI is InChI=1S/C7H14F2N2.C5H10O2/c8-7(9)2-4-11-5-6(7)1-3-10;1-5(2,3)7-4-6/h6,11H,1-5,10H2;4H,1-3H3. The summed E-state index contributed by atoms with van der Waals surface area (Å²) in [5, 5.41) is 2.94. The molecule has 0 amide bonds. The van der Waals surface area contributed by atoms with Crippen molar-refractivity contribution in [2.75, 3.05) is 19.6 Å². The summed E-state index contributed by atoms with van der Waals surface area (Å²) < 4.78 is 30.5. The molecular formula is C12H24F2N2O2. The first-order valence-corrected chi connectivity index (χ1v) is 6.13. The van der Waals surface area contributed by atoms with E-state index >= 15 is 0 Å². The normalized spacial score (nSPS) is 22.7. The molecule has 0 aromatic carbocycles. The number of piperidine rings is 1. The molecule has 0 aliphatic carbocycles. The summed E-state index contributed by atoms with van der Waals surface area (Å²) in [6.07, 6.45) is 0.373. The van der Waals surface area contributed by atoms with Crippen molar-refractivity contribution < 1.29 is 18.3 Å². The van der Waals surface area contributed by atoms with E-state index in [4.69, 9.17) is 5.73 Å². The number of nitrogens with one attached hydrogen (secondary N) is 1. The van der Waals surface area contributed by atoms with Crippen molar-refractivity contribution >= 4 is 6.47 Å². The lowest BCUT2D eigenvalue weighted by molar-refractivity contribution is -0.138. The molecule has 18 heavy (non-hydrogen) atoms. The van der Waals surface area contributed by atoms with Gasteiger partial charge in [-0.15, -0.1) is 0 Å². The molecule has 1 atom stereocenters. The summed E-state index contributed by atoms with van der Waals surface area (Å²) >= 11 is 0. The quantitative estimate of drug-likeness (QED) is 0.761. The van der Waals surface area contributed by atoms with Gasteiger partial charge in [-0.2, -0.15) is 0 Å². The number of hydrogen-bond acceptors (Lipinski definition) is 4. The van der Waals surface area contributed by atoms with Crippen LogP contribution < -0.4 is 11.1 Å². The van der Waals surface area contributed by atoms with Gasteiger partial charge in [0.15, 0.2) is 0 Å². The Bertz CT molecular complexity index is 241. The lowest BCUT2D eigenvalue weighted by Crippen LogP contribution is -2.45. The highest BCUT2D eigenvalue weighted by Gasteiger charge is 2.40. The van der Waals surface area contributed by atoms with Crippen LogP contribution in [0.1, 0.15) is 33.6 Å². The summed E-state index contributed by atoms with van der Waals surface area (Å²) in [7, 11) is 0. The van der Waals surface area contributed by atoms with Gasteiger partial charge >= 0.3 is 0 Å². The molecule has 1 aliphatic rings. The fourth-order valence-corrected chi connectivity index (χ4v) is 1.54. The minimum Gasteiger partial charge on any atom is -0.462 e. The van der Waals surface area contributed by atoms with Gasteiger partial charge in [0.05, 0.1) is 0 Å². The Morgan fingerprint density at radius 2 is 2.11 bits per heavy atom. The zero-order valence-corrected chi connectivity index (χ0v) is 11.3. The van der Waals surface area contributed by atoms with Crippen LogP contribution in [0.25, 0.3) is 0 Å². The first-order chi connectivity index (χ1) is 8.23. The molecule has 1 unspecified atom stereocenters. The Morgan fingerprint density at radius 1 is 1.50 bits per heavy atom. The molecule has 108 valence electrons. The summed E-state index contributed by atoms with van der Waals surface area (Å²) in [5.74, 6) is -3.05. The number of carbonyl (C=O) groups is 1. The van der Waals surface area contributed by atoms with E-state index in [0.29, 0.717) is 32.5 Å². The number of carbonyl (C=O) groups excluding carboxylic acids is 1. The Labute approximate surface area is 107 Å². The van der Waals surface area contributed by atoms with Gasteiger partial charge in [-0.1, -0.05) is 0 Å². The summed E-state index contributed by atoms with van der Waals surface area (Å²) in [6, 6.07) is 0. The minimum absolute atomic E-state index is 0.0440. The van der Waals surface area contributed by atoms with Crippen LogP contribution in [-0.2, 0) is 9.53 Å². The number of ether oxygens (including phenoxy) is 1. The van der Waals surface area contributed by atoms with Crippen LogP contribution in [0.15, 0.2) is 0 Å². The molecule has 3 N–H and O–H groups in total. The average molecular weight is 266 g/mol. The van der Waals surface area contributed by atoms with Gasteiger partial charge in [0.25, 0.3) is 12.4 Å². The van der Waals surface area contributed by atoms with Gasteiger partial charge in [-0.3, -0.25) is 4.79 Å². The Hall–Kier alpha value is -0.750. The summed E-state index contributed by atoms with van der Waals surface area (Å²) in [6.45, 7) is 7.10. The third-order valence-corrected chi connectivity index (χ3v) is 2.54. The van der Waals surface area contributed by atoms with Crippen molar-refractivity contribution in [1.29, 1.82) is 0 Å². The minimum atomic E-state index is -2.50. The maximum absolute atomic E-state index is 13.0. The van der Waals surface area contributed by atoms with Crippen LogP contribution in [0.3, 0.4) is 0 Å². The van der Waals surface area contributed by atoms with E-state index in [1.807, 2.05) is 20.8 Å². The third kappa shape index (κ3) is 7.55. The molecular weight excluding hydrogens is 242 g/mol. The van der Waals surface area contributed by atoms with Crippen LogP contribution in [0.2, 0.25) is 0 Å². The number of alkyl halides is 2. The molecule has 0 aromatic rings. The number of hydrogen-bond donors (Lipinski definition) is 2. The van der Waals surface area contributed by atoms with Crippen molar-refractivity contribution in [2.24, 2.45) is 11.7 Å². The summed E-state index contributed by atoms with van der Waals surface area (Å²) in [4.78, 5) is 9.60. The topological polar surface area (TPSA) is 64.3 Å². The average Bonchev–Trinajstić information content (AvgIpc) is 2.20. The molecule has 0 bridgehead atoms. The van der Waals surface area contributed by atoms with Crippen LogP contribution in [0.4, 0.5) is 8.78 Å². The molecule has 1 saturated heterocycles. The lowest BCUT2D eigenvalue weighted by atomic mass is 9.92. The van der Waals surface area contributed by atoms with Crippen LogP contribution >= 0.6 is 0 Å². The Kier molecular flexibility index (Phi) is 7.32. The van der Waals surface area contributed by atoms with Gasteiger partial charge in [0, 0.05) is 25.4 Å². The van der Waals surface area contributed by atoms with Gasteiger partial charge in [-0.25, -0.2) is 8.78 Å². The zero-order valence-electron chi connectivity index (χ0n) is 11.3. The molecule has 6 heteroatoms. The second kappa shape index (κ2) is 7.63. The molecule has 0 saturated carbocycles. The highest BCUT2D eigenvalue weighted by atomic mass is 19.3. The molecule has 1 aliphatic heterocycles. The molecule has 1 heterocycles. The van der Waals surface area contributed by atoms with Gasteiger partial charge in [0.2, 0.25) is 0 Å². The van der Waals surface area contributed by atoms with Crippen molar-refractivity contribution in [3.63, 3.8) is 0 Å². The van der Waals surface area contributed by atoms with E-state index in [9.17, 15) is 13.6 Å². The first-order valence-electron chi connectivity index (χ1n) is 6.13. The van der Waals surface area contributed by atoms with Crippen molar-refractivity contribution in [3.8, 4) is 0 Å². The maximum atomic E-state index is 13.0. The van der Waals surface area contributed by atoms with E-state index < -0.39 is 11.8 Å². The third-order valence-electron chi connectivity index (χ3n) is 2.54. The molecule has 1 fully saturated rings. The van der Waals surface area contributed by atoms with E-state index in [0.717, 1.165) is 0 Å². The van der Waals surface area contributed by atoms with Gasteiger partial charge in [-0.05, 0) is 33.7 Å². The van der Waals surface area contributed by atoms with E-state index in [1.165, 1.54) is 0 Å². The highest BCUT2D eigenvalue weighted by molar-refractivity contribution is 5.37. The van der Waals surface area contributed by atoms with E-state index in [1.54, 1.807) is 0 Å². The fourth-order valence-electron chi connectivity index (χ4n) is 1.54. The van der Waals surface area contributed by atoms with Crippen molar-refractivity contribution in [1.82, 2.24) is 5.32 Å². The largest absolute Gasteiger partial charge is 0.462 e. The monoisotopic (exact) mass is 266 g/mol. The van der Waals surface area contributed by atoms with Gasteiger partial charge < -0.3 is 15.8 Å². The molecule has 0 aromatic heterocycles. The SMILES string of the molecule is CC(C)(C)OC=O.NCCC1CNCCC1(F)F. The predicted molar refractivity (Wildman–Crippen MR) is 66.5 cm³/mol. The van der Waals surface area contributed by atoms with Crippen LogP contribution in [0, 0.1) is 5.92 Å². The van der Waals surface area contributed by atoms with Crippen LogP contribution in [0.5, 0.6) is 0 Å².